The topological polar surface area (TPSA) is 56.3 Å². The van der Waals surface area contributed by atoms with Crippen LogP contribution in [0.15, 0.2) is 58.6 Å². The van der Waals surface area contributed by atoms with Crippen LogP contribution in [0.1, 0.15) is 11.1 Å². The number of aryl methyl sites for hydroxylation is 1. The smallest absolute Gasteiger partial charge is 0.340 e. The van der Waals surface area contributed by atoms with Gasteiger partial charge in [-0.05, 0) is 47.5 Å². The van der Waals surface area contributed by atoms with Crippen LogP contribution in [-0.4, -0.2) is 13.4 Å². The van der Waals surface area contributed by atoms with Crippen molar-refractivity contribution >= 4 is 26.0 Å². The molecule has 6 heteroatoms. The second-order valence-corrected chi connectivity index (χ2v) is 6.92. The number of rotatable bonds is 5. The molecular formula is C15H14BrNO3S. The van der Waals surface area contributed by atoms with Gasteiger partial charge in [-0.25, -0.2) is 4.98 Å². The van der Waals surface area contributed by atoms with Crippen LogP contribution in [0.25, 0.3) is 0 Å². The minimum Gasteiger partial charge on any atom is -0.358 e. The molecule has 2 rings (SSSR count). The summed E-state index contributed by atoms with van der Waals surface area (Å²) >= 11 is 3.30. The fourth-order valence-electron chi connectivity index (χ4n) is 1.70. The third-order valence-electron chi connectivity index (χ3n) is 2.75. The molecule has 4 nitrogen and oxygen atoms in total. The van der Waals surface area contributed by atoms with E-state index in [4.69, 9.17) is 4.18 Å². The van der Waals surface area contributed by atoms with Gasteiger partial charge < -0.3 is 4.18 Å². The normalized spacial score (nSPS) is 11.1. The maximum atomic E-state index is 12.3. The molecule has 0 fully saturated rings. The molecule has 0 N–H and O–H groups in total. The fourth-order valence-corrected chi connectivity index (χ4v) is 3.00. The summed E-state index contributed by atoms with van der Waals surface area (Å²) in [4.78, 5) is 4.13. The van der Waals surface area contributed by atoms with Gasteiger partial charge in [0.25, 0.3) is 0 Å². The highest BCUT2D eigenvalue weighted by Crippen LogP contribution is 2.24. The maximum absolute atomic E-state index is 12.3. The third-order valence-corrected chi connectivity index (χ3v) is 4.41. The first-order valence-electron chi connectivity index (χ1n) is 6.19. The largest absolute Gasteiger partial charge is 0.358 e. The molecule has 0 spiro atoms. The van der Waals surface area contributed by atoms with E-state index in [9.17, 15) is 8.42 Å². The molecule has 1 aromatic heterocycles. The monoisotopic (exact) mass is 367 g/mol. The van der Waals surface area contributed by atoms with Crippen molar-refractivity contribution in [2.75, 3.05) is 0 Å². The Labute approximate surface area is 132 Å². The van der Waals surface area contributed by atoms with Crippen molar-refractivity contribution in [2.24, 2.45) is 0 Å². The quantitative estimate of drug-likeness (QED) is 0.597. The first-order valence-corrected chi connectivity index (χ1v) is 8.39. The lowest BCUT2D eigenvalue weighted by Gasteiger charge is -2.10. The van der Waals surface area contributed by atoms with Gasteiger partial charge in [-0.15, -0.1) is 6.58 Å². The van der Waals surface area contributed by atoms with Gasteiger partial charge in [-0.3, -0.25) is 0 Å². The molecule has 0 saturated carbocycles. The standard InChI is InChI=1S/C15H14BrNO3S/c1-3-4-12-9-13(16)10-17-15(12)20-21(18,19)14-7-5-11(2)6-8-14/h3,5-10H,1,4H2,2H3. The summed E-state index contributed by atoms with van der Waals surface area (Å²) in [6, 6.07) is 8.22. The number of nitrogens with zero attached hydrogens (tertiary/aromatic N) is 1. The van der Waals surface area contributed by atoms with Crippen LogP contribution < -0.4 is 4.18 Å². The van der Waals surface area contributed by atoms with Crippen LogP contribution in [-0.2, 0) is 16.5 Å². The summed E-state index contributed by atoms with van der Waals surface area (Å²) < 4.78 is 30.4. The van der Waals surface area contributed by atoms with Crippen molar-refractivity contribution in [3.63, 3.8) is 0 Å². The SMILES string of the molecule is C=CCc1cc(Br)cnc1OS(=O)(=O)c1ccc(C)cc1. The van der Waals surface area contributed by atoms with Crippen LogP contribution >= 0.6 is 15.9 Å². The first-order chi connectivity index (χ1) is 9.92. The van der Waals surface area contributed by atoms with Crippen LogP contribution in [0.2, 0.25) is 0 Å². The Morgan fingerprint density at radius 3 is 2.62 bits per heavy atom. The predicted molar refractivity (Wildman–Crippen MR) is 84.8 cm³/mol. The Morgan fingerprint density at radius 2 is 2.00 bits per heavy atom. The molecule has 0 aliphatic rings. The molecule has 0 radical (unpaired) electrons. The van der Waals surface area contributed by atoms with E-state index in [1.165, 1.54) is 18.3 Å². The Kier molecular flexibility index (Phi) is 4.80. The number of aromatic nitrogens is 1. The van der Waals surface area contributed by atoms with E-state index >= 15 is 0 Å². The summed E-state index contributed by atoms with van der Waals surface area (Å²) in [6.07, 6.45) is 3.62. The van der Waals surface area contributed by atoms with E-state index in [2.05, 4.69) is 27.5 Å². The number of hydrogen-bond donors (Lipinski definition) is 0. The van der Waals surface area contributed by atoms with Gasteiger partial charge >= 0.3 is 10.1 Å². The minimum atomic E-state index is -3.90. The Hall–Kier alpha value is -1.66. The molecule has 21 heavy (non-hydrogen) atoms. The van der Waals surface area contributed by atoms with Crippen molar-refractivity contribution in [3.05, 3.63) is 64.8 Å². The minimum absolute atomic E-state index is 0.0682. The van der Waals surface area contributed by atoms with E-state index in [0.29, 0.717) is 12.0 Å². The first kappa shape index (κ1) is 15.7. The van der Waals surface area contributed by atoms with Gasteiger partial charge in [-0.2, -0.15) is 8.42 Å². The molecule has 0 amide bonds. The van der Waals surface area contributed by atoms with Crippen molar-refractivity contribution in [3.8, 4) is 5.88 Å². The molecule has 0 bridgehead atoms. The van der Waals surface area contributed by atoms with Gasteiger partial charge in [0.05, 0.1) is 0 Å². The highest BCUT2D eigenvalue weighted by molar-refractivity contribution is 9.10. The molecular weight excluding hydrogens is 354 g/mol. The lowest BCUT2D eigenvalue weighted by atomic mass is 10.2. The number of hydrogen-bond acceptors (Lipinski definition) is 4. The van der Waals surface area contributed by atoms with Crippen LogP contribution in [0.5, 0.6) is 5.88 Å². The highest BCUT2D eigenvalue weighted by Gasteiger charge is 2.19. The van der Waals surface area contributed by atoms with Crippen molar-refractivity contribution in [2.45, 2.75) is 18.2 Å². The van der Waals surface area contributed by atoms with Gasteiger partial charge in [0, 0.05) is 16.2 Å². The number of allylic oxidation sites excluding steroid dienone is 1. The van der Waals surface area contributed by atoms with Gasteiger partial charge in [0.2, 0.25) is 5.88 Å². The number of halogens is 1. The van der Waals surface area contributed by atoms with E-state index in [1.54, 1.807) is 24.3 Å². The molecule has 110 valence electrons. The molecule has 1 aromatic carbocycles. The molecule has 0 unspecified atom stereocenters. The maximum Gasteiger partial charge on any atom is 0.340 e. The zero-order chi connectivity index (χ0) is 15.5. The fraction of sp³-hybridized carbons (Fsp3) is 0.133. The summed E-state index contributed by atoms with van der Waals surface area (Å²) in [6.45, 7) is 5.53. The Morgan fingerprint density at radius 1 is 1.33 bits per heavy atom. The van der Waals surface area contributed by atoms with E-state index < -0.39 is 10.1 Å². The summed E-state index contributed by atoms with van der Waals surface area (Å²) in [5.74, 6) is 0.0682. The Balaban J connectivity index is 2.36. The Bertz CT molecular complexity index is 755. The van der Waals surface area contributed by atoms with Gasteiger partial charge in [-0.1, -0.05) is 23.8 Å². The van der Waals surface area contributed by atoms with Crippen molar-refractivity contribution in [1.29, 1.82) is 0 Å². The second-order valence-electron chi connectivity index (χ2n) is 4.46. The molecule has 0 atom stereocenters. The average Bonchev–Trinajstić information content (AvgIpc) is 2.42. The van der Waals surface area contributed by atoms with Gasteiger partial charge in [0.15, 0.2) is 0 Å². The van der Waals surface area contributed by atoms with Crippen LogP contribution in [0, 0.1) is 6.92 Å². The molecule has 0 aliphatic carbocycles. The predicted octanol–water partition coefficient (Wildman–Crippen LogP) is 3.65. The van der Waals surface area contributed by atoms with E-state index in [0.717, 1.165) is 10.0 Å². The summed E-state index contributed by atoms with van der Waals surface area (Å²) in [7, 11) is -3.90. The number of benzene rings is 1. The number of pyridine rings is 1. The molecule has 0 saturated heterocycles. The lowest BCUT2D eigenvalue weighted by Crippen LogP contribution is -2.12. The molecule has 0 aliphatic heterocycles. The zero-order valence-electron chi connectivity index (χ0n) is 11.4. The molecule has 2 aromatic rings. The van der Waals surface area contributed by atoms with Crippen molar-refractivity contribution in [1.82, 2.24) is 4.98 Å². The van der Waals surface area contributed by atoms with E-state index in [-0.39, 0.29) is 10.8 Å². The summed E-state index contributed by atoms with van der Waals surface area (Å²) in [5, 5.41) is 0. The van der Waals surface area contributed by atoms with Crippen LogP contribution in [0.4, 0.5) is 0 Å². The summed E-state index contributed by atoms with van der Waals surface area (Å²) in [5.41, 5.74) is 1.62. The third kappa shape index (κ3) is 3.92. The van der Waals surface area contributed by atoms with Crippen LogP contribution in [0.3, 0.4) is 0 Å². The highest BCUT2D eigenvalue weighted by atomic mass is 79.9. The lowest BCUT2D eigenvalue weighted by molar-refractivity contribution is 0.473. The van der Waals surface area contributed by atoms with E-state index in [1.807, 2.05) is 6.92 Å². The van der Waals surface area contributed by atoms with Crippen molar-refractivity contribution < 1.29 is 12.6 Å². The average molecular weight is 368 g/mol. The molecule has 1 heterocycles. The van der Waals surface area contributed by atoms with Gasteiger partial charge in [0.1, 0.15) is 4.90 Å². The second kappa shape index (κ2) is 6.41. The zero-order valence-corrected chi connectivity index (χ0v) is 13.8.